The topological polar surface area (TPSA) is 17.1 Å². The van der Waals surface area contributed by atoms with E-state index in [1.54, 1.807) is 0 Å². The fourth-order valence-corrected chi connectivity index (χ4v) is 3.72. The lowest BCUT2D eigenvalue weighted by molar-refractivity contribution is -0.112. The molecule has 0 atom stereocenters. The molecule has 66 valence electrons. The van der Waals surface area contributed by atoms with Gasteiger partial charge in [-0.2, -0.15) is 0 Å². The normalized spacial score (nSPS) is 11.6. The van der Waals surface area contributed by atoms with Crippen LogP contribution in [0.15, 0.2) is 0 Å². The molecule has 0 aliphatic rings. The van der Waals surface area contributed by atoms with Crippen molar-refractivity contribution in [2.75, 3.05) is 6.67 Å². The van der Waals surface area contributed by atoms with Crippen molar-refractivity contribution in [1.82, 2.24) is 0 Å². The highest BCUT2D eigenvalue weighted by atomic mass is 31.1. The number of alkyl halides is 1. The molecule has 0 spiro atoms. The summed E-state index contributed by atoms with van der Waals surface area (Å²) in [6.07, 6.45) is 0. The Bertz CT molecular complexity index is 126. The van der Waals surface area contributed by atoms with Crippen LogP contribution >= 0.6 is 7.92 Å². The molecule has 3 heteroatoms. The fraction of sp³-hybridized carbons (Fsp3) is 0.875. The first kappa shape index (κ1) is 11.0. The van der Waals surface area contributed by atoms with Gasteiger partial charge in [0, 0.05) is 0 Å². The Kier molecular flexibility index (Phi) is 4.83. The van der Waals surface area contributed by atoms with Gasteiger partial charge in [-0.25, -0.2) is 4.39 Å². The Morgan fingerprint density at radius 3 is 1.73 bits per heavy atom. The van der Waals surface area contributed by atoms with Crippen molar-refractivity contribution in [2.45, 2.75) is 39.0 Å². The molecule has 0 aromatic rings. The largest absolute Gasteiger partial charge is 0.292 e. The molecule has 0 aliphatic heterocycles. The van der Waals surface area contributed by atoms with E-state index < -0.39 is 14.6 Å². The minimum absolute atomic E-state index is 0.190. The van der Waals surface area contributed by atoms with Crippen molar-refractivity contribution in [2.24, 2.45) is 0 Å². The smallest absolute Gasteiger partial charge is 0.185 e. The molecular formula is C8H16FOP. The molecule has 0 saturated carbocycles. The number of carbonyl (C=O) groups excluding carboxylic acids is 1. The molecule has 0 unspecified atom stereocenters. The summed E-state index contributed by atoms with van der Waals surface area (Å²) in [5.41, 5.74) is 0.437. The van der Waals surface area contributed by atoms with Crippen LogP contribution in [0.4, 0.5) is 4.39 Å². The maximum Gasteiger partial charge on any atom is 0.185 e. The quantitative estimate of drug-likeness (QED) is 0.605. The zero-order valence-corrected chi connectivity index (χ0v) is 8.49. The predicted molar refractivity (Wildman–Crippen MR) is 48.2 cm³/mol. The Morgan fingerprint density at radius 2 is 1.64 bits per heavy atom. The zero-order chi connectivity index (χ0) is 9.02. The third kappa shape index (κ3) is 3.29. The summed E-state index contributed by atoms with van der Waals surface area (Å²) < 4.78 is 12.0. The monoisotopic (exact) mass is 178 g/mol. The van der Waals surface area contributed by atoms with E-state index in [0.29, 0.717) is 11.3 Å². The summed E-state index contributed by atoms with van der Waals surface area (Å²) >= 11 is 0. The molecule has 0 amide bonds. The van der Waals surface area contributed by atoms with Crippen LogP contribution in [-0.4, -0.2) is 23.5 Å². The second-order valence-corrected chi connectivity index (χ2v) is 6.50. The molecule has 0 radical (unpaired) electrons. The van der Waals surface area contributed by atoms with Crippen molar-refractivity contribution in [3.8, 4) is 0 Å². The number of halogens is 1. The van der Waals surface area contributed by atoms with Gasteiger partial charge >= 0.3 is 0 Å². The maximum atomic E-state index is 12.0. The number of hydrogen-bond acceptors (Lipinski definition) is 1. The zero-order valence-electron chi connectivity index (χ0n) is 7.60. The van der Waals surface area contributed by atoms with E-state index in [0.717, 1.165) is 0 Å². The van der Waals surface area contributed by atoms with Gasteiger partial charge in [0.25, 0.3) is 0 Å². The first-order valence-corrected chi connectivity index (χ1v) is 5.35. The average Bonchev–Trinajstić information content (AvgIpc) is 1.85. The number of carbonyl (C=O) groups is 1. The van der Waals surface area contributed by atoms with Crippen molar-refractivity contribution in [3.05, 3.63) is 0 Å². The lowest BCUT2D eigenvalue weighted by atomic mass is 10.5. The SMILES string of the molecule is CC(C)P(C(=O)CF)C(C)C. The molecule has 0 bridgehead atoms. The molecule has 0 saturated heterocycles. The van der Waals surface area contributed by atoms with Gasteiger partial charge in [-0.1, -0.05) is 27.7 Å². The van der Waals surface area contributed by atoms with Crippen LogP contribution in [0.5, 0.6) is 0 Å². The van der Waals surface area contributed by atoms with Gasteiger partial charge in [0.15, 0.2) is 12.2 Å². The van der Waals surface area contributed by atoms with Gasteiger partial charge in [0.2, 0.25) is 0 Å². The van der Waals surface area contributed by atoms with Gasteiger partial charge in [-0.05, 0) is 19.2 Å². The van der Waals surface area contributed by atoms with E-state index in [1.165, 1.54) is 0 Å². The molecule has 0 N–H and O–H groups in total. The molecular weight excluding hydrogens is 162 g/mol. The first-order valence-electron chi connectivity index (χ1n) is 3.87. The summed E-state index contributed by atoms with van der Waals surface area (Å²) in [5, 5.41) is 0. The predicted octanol–water partition coefficient (Wildman–Crippen LogP) is 2.78. The first-order chi connectivity index (χ1) is 5.00. The van der Waals surface area contributed by atoms with Crippen LogP contribution in [0.25, 0.3) is 0 Å². The summed E-state index contributed by atoms with van der Waals surface area (Å²) in [6.45, 7) is 7.15. The van der Waals surface area contributed by atoms with Crippen LogP contribution < -0.4 is 0 Å². The second kappa shape index (κ2) is 4.82. The Labute approximate surface area is 69.1 Å². The standard InChI is InChI=1S/C8H16FOP/c1-6(2)11(7(3)4)8(10)5-9/h6-7H,5H2,1-4H3. The van der Waals surface area contributed by atoms with E-state index in [1.807, 2.05) is 27.7 Å². The summed E-state index contributed by atoms with van der Waals surface area (Å²) in [7, 11) is -0.754. The summed E-state index contributed by atoms with van der Waals surface area (Å²) in [5.74, 6) is 0. The van der Waals surface area contributed by atoms with Gasteiger partial charge in [-0.15, -0.1) is 0 Å². The Morgan fingerprint density at radius 1 is 1.27 bits per heavy atom. The molecule has 0 heterocycles. The lowest BCUT2D eigenvalue weighted by Crippen LogP contribution is -2.12. The van der Waals surface area contributed by atoms with Gasteiger partial charge in [0.1, 0.15) is 0 Å². The molecule has 1 nitrogen and oxygen atoms in total. The second-order valence-electron chi connectivity index (χ2n) is 3.12. The molecule has 0 rings (SSSR count). The Balaban J connectivity index is 4.22. The van der Waals surface area contributed by atoms with E-state index >= 15 is 0 Å². The summed E-state index contributed by atoms with van der Waals surface area (Å²) in [6, 6.07) is 0. The lowest BCUT2D eigenvalue weighted by Gasteiger charge is -2.22. The van der Waals surface area contributed by atoms with Crippen LogP contribution in [0, 0.1) is 0 Å². The molecule has 0 aromatic carbocycles. The fourth-order valence-electron chi connectivity index (χ4n) is 1.24. The number of rotatable bonds is 4. The third-order valence-electron chi connectivity index (χ3n) is 1.51. The molecule has 0 fully saturated rings. The van der Waals surface area contributed by atoms with Crippen LogP contribution in [0.1, 0.15) is 27.7 Å². The van der Waals surface area contributed by atoms with Crippen molar-refractivity contribution in [1.29, 1.82) is 0 Å². The van der Waals surface area contributed by atoms with Crippen LogP contribution in [0.3, 0.4) is 0 Å². The Hall–Kier alpha value is 0.0300. The van der Waals surface area contributed by atoms with Gasteiger partial charge in [-0.3, -0.25) is 4.79 Å². The average molecular weight is 178 g/mol. The molecule has 0 aromatic heterocycles. The third-order valence-corrected chi connectivity index (χ3v) is 4.44. The van der Waals surface area contributed by atoms with Crippen LogP contribution in [-0.2, 0) is 4.79 Å². The van der Waals surface area contributed by atoms with E-state index in [9.17, 15) is 9.18 Å². The molecule has 0 aliphatic carbocycles. The minimum Gasteiger partial charge on any atom is -0.292 e. The van der Waals surface area contributed by atoms with E-state index in [-0.39, 0.29) is 5.52 Å². The van der Waals surface area contributed by atoms with Crippen molar-refractivity contribution >= 4 is 13.4 Å². The maximum absolute atomic E-state index is 12.0. The van der Waals surface area contributed by atoms with Crippen molar-refractivity contribution < 1.29 is 9.18 Å². The highest BCUT2D eigenvalue weighted by Crippen LogP contribution is 2.46. The number of hydrogen-bond donors (Lipinski definition) is 0. The summed E-state index contributed by atoms with van der Waals surface area (Å²) in [4.78, 5) is 11.0. The molecule has 11 heavy (non-hydrogen) atoms. The minimum atomic E-state index is -0.790. The van der Waals surface area contributed by atoms with E-state index in [2.05, 4.69) is 0 Å². The van der Waals surface area contributed by atoms with Gasteiger partial charge in [0.05, 0.1) is 0 Å². The van der Waals surface area contributed by atoms with Gasteiger partial charge < -0.3 is 0 Å². The van der Waals surface area contributed by atoms with Crippen molar-refractivity contribution in [3.63, 3.8) is 0 Å². The highest BCUT2D eigenvalue weighted by molar-refractivity contribution is 7.76. The van der Waals surface area contributed by atoms with Crippen LogP contribution in [0.2, 0.25) is 0 Å². The van der Waals surface area contributed by atoms with E-state index in [4.69, 9.17) is 0 Å². The highest BCUT2D eigenvalue weighted by Gasteiger charge is 2.23.